The van der Waals surface area contributed by atoms with E-state index in [0.717, 1.165) is 11.3 Å². The molecule has 30 heavy (non-hydrogen) atoms. The number of aromatic nitrogens is 1. The number of carbonyl (C=O) groups excluding carboxylic acids is 2. The summed E-state index contributed by atoms with van der Waals surface area (Å²) in [5.41, 5.74) is 0.331. The molecule has 158 valence electrons. The lowest BCUT2D eigenvalue weighted by Crippen LogP contribution is -2.23. The van der Waals surface area contributed by atoms with Crippen LogP contribution in [0.15, 0.2) is 52.4 Å². The summed E-state index contributed by atoms with van der Waals surface area (Å²) < 4.78 is 45.0. The second-order valence-electron chi connectivity index (χ2n) is 6.21. The molecule has 0 aliphatic carbocycles. The van der Waals surface area contributed by atoms with Crippen molar-refractivity contribution in [1.29, 1.82) is 0 Å². The molecule has 0 aliphatic rings. The number of halogens is 1. The Balaban J connectivity index is 2.06. The van der Waals surface area contributed by atoms with Gasteiger partial charge in [-0.25, -0.2) is 12.8 Å². The highest BCUT2D eigenvalue weighted by Crippen LogP contribution is 2.21. The number of hydrogen-bond donors (Lipinski definition) is 0. The molecule has 0 bridgehead atoms. The summed E-state index contributed by atoms with van der Waals surface area (Å²) >= 11 is 1.06. The number of esters is 1. The first-order valence-electron chi connectivity index (χ1n) is 9.12. The first-order chi connectivity index (χ1) is 14.3. The maximum absolute atomic E-state index is 14.4. The third kappa shape index (κ3) is 4.49. The average Bonchev–Trinajstić information content (AvgIpc) is 3.06. The fourth-order valence-electron chi connectivity index (χ4n) is 2.78. The van der Waals surface area contributed by atoms with E-state index in [1.807, 2.05) is 0 Å². The third-order valence-electron chi connectivity index (χ3n) is 4.28. The second kappa shape index (κ2) is 8.88. The summed E-state index contributed by atoms with van der Waals surface area (Å²) in [6.07, 6.45) is 0. The molecule has 0 unspecified atom stereocenters. The molecule has 10 heteroatoms. The highest BCUT2D eigenvalue weighted by atomic mass is 32.2. The first kappa shape index (κ1) is 21.8. The SMILES string of the molecule is CCOC(=O)Cn1c(=NC(=O)c2ccc(S(=O)(=O)CC)cc2)sc2cccc(F)c21. The van der Waals surface area contributed by atoms with Gasteiger partial charge in [0.05, 0.1) is 27.5 Å². The van der Waals surface area contributed by atoms with Crippen LogP contribution in [0.1, 0.15) is 24.2 Å². The molecule has 7 nitrogen and oxygen atoms in total. The minimum Gasteiger partial charge on any atom is -0.465 e. The van der Waals surface area contributed by atoms with E-state index in [9.17, 15) is 22.4 Å². The van der Waals surface area contributed by atoms with E-state index >= 15 is 0 Å². The number of fused-ring (bicyclic) bond motifs is 1. The molecule has 0 atom stereocenters. The van der Waals surface area contributed by atoms with Crippen molar-refractivity contribution in [2.45, 2.75) is 25.3 Å². The number of benzene rings is 2. The van der Waals surface area contributed by atoms with Gasteiger partial charge in [0.1, 0.15) is 12.4 Å². The van der Waals surface area contributed by atoms with Crippen molar-refractivity contribution < 1.29 is 27.1 Å². The fourth-order valence-corrected chi connectivity index (χ4v) is 4.70. The van der Waals surface area contributed by atoms with E-state index in [0.29, 0.717) is 4.70 Å². The summed E-state index contributed by atoms with van der Waals surface area (Å²) in [5.74, 6) is -1.81. The van der Waals surface area contributed by atoms with E-state index in [-0.39, 0.29) is 39.7 Å². The van der Waals surface area contributed by atoms with Crippen molar-refractivity contribution in [3.63, 3.8) is 0 Å². The van der Waals surface area contributed by atoms with Gasteiger partial charge in [-0.2, -0.15) is 4.99 Å². The number of carbonyl (C=O) groups is 2. The maximum atomic E-state index is 14.4. The molecule has 2 aromatic carbocycles. The van der Waals surface area contributed by atoms with Crippen LogP contribution in [0.2, 0.25) is 0 Å². The van der Waals surface area contributed by atoms with Crippen LogP contribution in [0.5, 0.6) is 0 Å². The number of ether oxygens (including phenoxy) is 1. The molecule has 3 rings (SSSR count). The zero-order chi connectivity index (χ0) is 21.9. The molecule has 0 aliphatic heterocycles. The topological polar surface area (TPSA) is 94.8 Å². The van der Waals surface area contributed by atoms with Crippen LogP contribution in [0.25, 0.3) is 10.2 Å². The van der Waals surface area contributed by atoms with Gasteiger partial charge in [0.2, 0.25) is 0 Å². The second-order valence-corrected chi connectivity index (χ2v) is 9.49. The summed E-state index contributed by atoms with van der Waals surface area (Å²) in [6, 6.07) is 9.89. The molecule has 0 radical (unpaired) electrons. The minimum absolute atomic E-state index is 0.0497. The smallest absolute Gasteiger partial charge is 0.326 e. The fraction of sp³-hybridized carbons (Fsp3) is 0.250. The van der Waals surface area contributed by atoms with Crippen molar-refractivity contribution in [1.82, 2.24) is 4.57 Å². The van der Waals surface area contributed by atoms with Crippen molar-refractivity contribution in [2.24, 2.45) is 4.99 Å². The summed E-state index contributed by atoms with van der Waals surface area (Å²) in [6.45, 7) is 3.07. The normalized spacial score (nSPS) is 12.3. The van der Waals surface area contributed by atoms with Crippen LogP contribution in [0.4, 0.5) is 4.39 Å². The Kier molecular flexibility index (Phi) is 6.47. The Morgan fingerprint density at radius 1 is 1.13 bits per heavy atom. The van der Waals surface area contributed by atoms with Crippen LogP contribution in [-0.4, -0.2) is 37.2 Å². The average molecular weight is 451 g/mol. The highest BCUT2D eigenvalue weighted by molar-refractivity contribution is 7.91. The predicted molar refractivity (Wildman–Crippen MR) is 110 cm³/mol. The van der Waals surface area contributed by atoms with E-state index in [1.54, 1.807) is 13.0 Å². The number of nitrogens with zero attached hydrogens (tertiary/aromatic N) is 2. The summed E-state index contributed by atoms with van der Waals surface area (Å²) in [5, 5.41) is 0. The highest BCUT2D eigenvalue weighted by Gasteiger charge is 2.16. The van der Waals surface area contributed by atoms with Crippen LogP contribution >= 0.6 is 11.3 Å². The number of rotatable bonds is 6. The van der Waals surface area contributed by atoms with Crippen molar-refractivity contribution in [2.75, 3.05) is 12.4 Å². The molecule has 3 aromatic rings. The van der Waals surface area contributed by atoms with Gasteiger partial charge in [0, 0.05) is 5.56 Å². The van der Waals surface area contributed by atoms with E-state index in [4.69, 9.17) is 4.74 Å². The van der Waals surface area contributed by atoms with E-state index in [1.165, 1.54) is 47.9 Å². The largest absolute Gasteiger partial charge is 0.465 e. The van der Waals surface area contributed by atoms with Gasteiger partial charge in [0.25, 0.3) is 5.91 Å². The summed E-state index contributed by atoms with van der Waals surface area (Å²) in [7, 11) is -3.38. The molecule has 0 spiro atoms. The molecule has 1 heterocycles. The monoisotopic (exact) mass is 450 g/mol. The lowest BCUT2D eigenvalue weighted by molar-refractivity contribution is -0.143. The molecular weight excluding hydrogens is 431 g/mol. The van der Waals surface area contributed by atoms with Gasteiger partial charge in [-0.3, -0.25) is 9.59 Å². The predicted octanol–water partition coefficient (Wildman–Crippen LogP) is 2.94. The van der Waals surface area contributed by atoms with Crippen LogP contribution in [0.3, 0.4) is 0 Å². The van der Waals surface area contributed by atoms with Gasteiger partial charge in [0.15, 0.2) is 14.6 Å². The Morgan fingerprint density at radius 2 is 1.83 bits per heavy atom. The minimum atomic E-state index is -3.38. The lowest BCUT2D eigenvalue weighted by atomic mass is 10.2. The quantitative estimate of drug-likeness (QED) is 0.538. The molecule has 0 saturated heterocycles. The molecule has 0 saturated carbocycles. The van der Waals surface area contributed by atoms with Crippen LogP contribution in [0, 0.1) is 5.82 Å². The number of para-hydroxylation sites is 1. The van der Waals surface area contributed by atoms with Gasteiger partial charge in [-0.1, -0.05) is 24.3 Å². The molecule has 0 N–H and O–H groups in total. The van der Waals surface area contributed by atoms with Gasteiger partial charge < -0.3 is 9.30 Å². The van der Waals surface area contributed by atoms with Gasteiger partial charge >= 0.3 is 5.97 Å². The number of amides is 1. The molecule has 0 fully saturated rings. The Morgan fingerprint density at radius 3 is 2.47 bits per heavy atom. The Hall–Kier alpha value is -2.85. The standard InChI is InChI=1S/C20H19FN2O5S2/c1-3-28-17(24)12-23-18-15(21)6-5-7-16(18)29-20(23)22-19(25)13-8-10-14(11-9-13)30(26,27)4-2/h5-11H,3-4,12H2,1-2H3. The maximum Gasteiger partial charge on any atom is 0.326 e. The molecular formula is C20H19FN2O5S2. The summed E-state index contributed by atoms with van der Waals surface area (Å²) in [4.78, 5) is 28.9. The van der Waals surface area contributed by atoms with Gasteiger partial charge in [-0.15, -0.1) is 0 Å². The number of sulfone groups is 1. The lowest BCUT2D eigenvalue weighted by Gasteiger charge is -2.05. The number of thiazole rings is 1. The Bertz CT molecular complexity index is 1270. The zero-order valence-electron chi connectivity index (χ0n) is 16.3. The molecule has 1 aromatic heterocycles. The first-order valence-corrected chi connectivity index (χ1v) is 11.6. The van der Waals surface area contributed by atoms with E-state index in [2.05, 4.69) is 4.99 Å². The van der Waals surface area contributed by atoms with Crippen molar-refractivity contribution in [3.8, 4) is 0 Å². The van der Waals surface area contributed by atoms with Crippen molar-refractivity contribution in [3.05, 3.63) is 58.6 Å². The molecule has 1 amide bonds. The van der Waals surface area contributed by atoms with Crippen molar-refractivity contribution >= 4 is 43.3 Å². The van der Waals surface area contributed by atoms with Crippen LogP contribution in [-0.2, 0) is 25.9 Å². The van der Waals surface area contributed by atoms with Gasteiger partial charge in [-0.05, 0) is 43.3 Å². The van der Waals surface area contributed by atoms with Crippen LogP contribution < -0.4 is 4.80 Å². The van der Waals surface area contributed by atoms with E-state index < -0.39 is 27.5 Å². The third-order valence-corrected chi connectivity index (χ3v) is 7.08. The Labute approximate surface area is 176 Å². The zero-order valence-corrected chi connectivity index (χ0v) is 17.9. The number of hydrogen-bond acceptors (Lipinski definition) is 6.